The van der Waals surface area contributed by atoms with Crippen molar-refractivity contribution in [3.8, 4) is 11.4 Å². The third kappa shape index (κ3) is 1.54. The van der Waals surface area contributed by atoms with Gasteiger partial charge in [0.25, 0.3) is 0 Å². The molecule has 0 amide bonds. The Morgan fingerprint density at radius 2 is 1.93 bits per heavy atom. The molecule has 76 valence electrons. The lowest BCUT2D eigenvalue weighted by molar-refractivity contribution is 0.744. The summed E-state index contributed by atoms with van der Waals surface area (Å²) in [6, 6.07) is 7.71. The molecule has 15 heavy (non-hydrogen) atoms. The number of benzene rings is 1. The lowest BCUT2D eigenvalue weighted by atomic mass is 10.2. The van der Waals surface area contributed by atoms with Gasteiger partial charge in [-0.2, -0.15) is 0 Å². The molecule has 2 N–H and O–H groups in total. The lowest BCUT2D eigenvalue weighted by Gasteiger charge is -1.97. The molecule has 0 saturated heterocycles. The summed E-state index contributed by atoms with van der Waals surface area (Å²) in [5.74, 6) is 0.929. The van der Waals surface area contributed by atoms with Crippen LogP contribution in [0, 0.1) is 0 Å². The van der Waals surface area contributed by atoms with Crippen molar-refractivity contribution < 1.29 is 0 Å². The van der Waals surface area contributed by atoms with Gasteiger partial charge in [-0.05, 0) is 24.3 Å². The Kier molecular flexibility index (Phi) is 2.01. The number of aromatic nitrogens is 2. The Balaban J connectivity index is 2.02. The zero-order valence-corrected chi connectivity index (χ0v) is 8.80. The summed E-state index contributed by atoms with van der Waals surface area (Å²) in [5.41, 5.74) is 3.40. The lowest BCUT2D eigenvalue weighted by Crippen LogP contribution is -2.02. The molecule has 0 aliphatic carbocycles. The van der Waals surface area contributed by atoms with Crippen LogP contribution in [-0.2, 0) is 13.1 Å². The quantitative estimate of drug-likeness (QED) is 0.773. The molecule has 4 heteroatoms. The number of nitrogens with zero attached hydrogens (tertiary/aromatic N) is 1. The minimum absolute atomic E-state index is 0.750. The Morgan fingerprint density at radius 1 is 1.13 bits per heavy atom. The van der Waals surface area contributed by atoms with Crippen LogP contribution in [0.3, 0.4) is 0 Å². The van der Waals surface area contributed by atoms with Crippen LogP contribution in [0.4, 0.5) is 0 Å². The Bertz CT molecular complexity index is 466. The van der Waals surface area contributed by atoms with Crippen molar-refractivity contribution >= 4 is 11.6 Å². The molecule has 1 aliphatic heterocycles. The van der Waals surface area contributed by atoms with E-state index >= 15 is 0 Å². The van der Waals surface area contributed by atoms with E-state index in [1.54, 1.807) is 0 Å². The van der Waals surface area contributed by atoms with Crippen LogP contribution in [0.5, 0.6) is 0 Å². The fourth-order valence-corrected chi connectivity index (χ4v) is 1.91. The molecule has 1 aromatic heterocycles. The van der Waals surface area contributed by atoms with E-state index in [1.165, 1.54) is 5.69 Å². The van der Waals surface area contributed by atoms with E-state index in [0.29, 0.717) is 0 Å². The van der Waals surface area contributed by atoms with Crippen LogP contribution in [0.1, 0.15) is 11.4 Å². The highest BCUT2D eigenvalue weighted by Crippen LogP contribution is 2.22. The Morgan fingerprint density at radius 3 is 2.67 bits per heavy atom. The van der Waals surface area contributed by atoms with E-state index < -0.39 is 0 Å². The van der Waals surface area contributed by atoms with Crippen molar-refractivity contribution in [1.82, 2.24) is 15.3 Å². The first-order valence-corrected chi connectivity index (χ1v) is 5.25. The van der Waals surface area contributed by atoms with E-state index in [1.807, 2.05) is 24.3 Å². The number of nitrogens with one attached hydrogen (secondary N) is 2. The number of fused-ring (bicyclic) bond motifs is 1. The zero-order chi connectivity index (χ0) is 10.3. The molecule has 0 radical (unpaired) electrons. The van der Waals surface area contributed by atoms with Gasteiger partial charge < -0.3 is 10.3 Å². The second-order valence-electron chi connectivity index (χ2n) is 3.62. The standard InChI is InChI=1S/C11H10ClN3/c12-8-3-1-7(2-4-8)11-14-9-5-13-6-10(9)15-11/h1-4,13H,5-6H2,(H,14,15). The molecule has 2 heterocycles. The van der Waals surface area contributed by atoms with Gasteiger partial charge in [-0.3, -0.25) is 0 Å². The fraction of sp³-hybridized carbons (Fsp3) is 0.182. The summed E-state index contributed by atoms with van der Waals surface area (Å²) in [4.78, 5) is 7.84. The van der Waals surface area contributed by atoms with Crippen LogP contribution < -0.4 is 5.32 Å². The molecule has 2 aromatic rings. The predicted octanol–water partition coefficient (Wildman–Crippen LogP) is 2.33. The maximum Gasteiger partial charge on any atom is 0.137 e. The van der Waals surface area contributed by atoms with Crippen molar-refractivity contribution in [3.63, 3.8) is 0 Å². The van der Waals surface area contributed by atoms with Gasteiger partial charge in [0.15, 0.2) is 0 Å². The van der Waals surface area contributed by atoms with Gasteiger partial charge in [0, 0.05) is 23.7 Å². The van der Waals surface area contributed by atoms with Gasteiger partial charge in [0.1, 0.15) is 5.82 Å². The molecule has 0 saturated carbocycles. The molecule has 0 atom stereocenters. The average molecular weight is 220 g/mol. The van der Waals surface area contributed by atoms with Crippen molar-refractivity contribution in [2.75, 3.05) is 0 Å². The second kappa shape index (κ2) is 3.36. The van der Waals surface area contributed by atoms with Gasteiger partial charge in [-0.25, -0.2) is 4.98 Å². The predicted molar refractivity (Wildman–Crippen MR) is 59.6 cm³/mol. The van der Waals surface area contributed by atoms with Gasteiger partial charge >= 0.3 is 0 Å². The summed E-state index contributed by atoms with van der Waals surface area (Å²) in [6.07, 6.45) is 0. The first-order valence-electron chi connectivity index (χ1n) is 4.87. The molecule has 1 aromatic carbocycles. The number of hydrogen-bond donors (Lipinski definition) is 2. The van der Waals surface area contributed by atoms with Crippen LogP contribution >= 0.6 is 11.6 Å². The Hall–Kier alpha value is -1.32. The minimum Gasteiger partial charge on any atom is -0.341 e. The van der Waals surface area contributed by atoms with Crippen molar-refractivity contribution in [3.05, 3.63) is 40.7 Å². The first kappa shape index (κ1) is 8.95. The third-order valence-electron chi connectivity index (χ3n) is 2.58. The van der Waals surface area contributed by atoms with Crippen LogP contribution in [-0.4, -0.2) is 9.97 Å². The Labute approximate surface area is 92.5 Å². The maximum atomic E-state index is 5.83. The van der Waals surface area contributed by atoms with Gasteiger partial charge in [-0.1, -0.05) is 11.6 Å². The number of H-pyrrole nitrogens is 1. The topological polar surface area (TPSA) is 40.7 Å². The smallest absolute Gasteiger partial charge is 0.137 e. The third-order valence-corrected chi connectivity index (χ3v) is 2.83. The van der Waals surface area contributed by atoms with Crippen molar-refractivity contribution in [1.29, 1.82) is 0 Å². The average Bonchev–Trinajstić information content (AvgIpc) is 2.78. The molecule has 3 nitrogen and oxygen atoms in total. The molecule has 0 spiro atoms. The number of hydrogen-bond acceptors (Lipinski definition) is 2. The van der Waals surface area contributed by atoms with Crippen molar-refractivity contribution in [2.24, 2.45) is 0 Å². The molecule has 1 aliphatic rings. The molecular weight excluding hydrogens is 210 g/mol. The van der Waals surface area contributed by atoms with E-state index in [2.05, 4.69) is 15.3 Å². The second-order valence-corrected chi connectivity index (χ2v) is 4.06. The highest BCUT2D eigenvalue weighted by atomic mass is 35.5. The monoisotopic (exact) mass is 219 g/mol. The minimum atomic E-state index is 0.750. The molecule has 0 unspecified atom stereocenters. The van der Waals surface area contributed by atoms with Gasteiger partial charge in [0.2, 0.25) is 0 Å². The summed E-state index contributed by atoms with van der Waals surface area (Å²) in [7, 11) is 0. The number of rotatable bonds is 1. The van der Waals surface area contributed by atoms with Crippen LogP contribution in [0.2, 0.25) is 5.02 Å². The summed E-state index contributed by atoms with van der Waals surface area (Å²) in [6.45, 7) is 1.75. The van der Waals surface area contributed by atoms with E-state index in [9.17, 15) is 0 Å². The number of halogens is 1. The van der Waals surface area contributed by atoms with Crippen LogP contribution in [0.25, 0.3) is 11.4 Å². The summed E-state index contributed by atoms with van der Waals surface area (Å²) in [5, 5.41) is 3.99. The summed E-state index contributed by atoms with van der Waals surface area (Å²) >= 11 is 5.83. The number of aromatic amines is 1. The van der Waals surface area contributed by atoms with E-state index in [-0.39, 0.29) is 0 Å². The molecule has 0 fully saturated rings. The first-order chi connectivity index (χ1) is 7.33. The van der Waals surface area contributed by atoms with Gasteiger partial charge in [0.05, 0.1) is 11.4 Å². The van der Waals surface area contributed by atoms with Crippen LogP contribution in [0.15, 0.2) is 24.3 Å². The number of imidazole rings is 1. The van der Waals surface area contributed by atoms with Gasteiger partial charge in [-0.15, -0.1) is 0 Å². The van der Waals surface area contributed by atoms with Crippen molar-refractivity contribution in [2.45, 2.75) is 13.1 Å². The molecular formula is C11H10ClN3. The van der Waals surface area contributed by atoms with E-state index in [0.717, 1.165) is 35.2 Å². The molecule has 3 rings (SSSR count). The largest absolute Gasteiger partial charge is 0.341 e. The highest BCUT2D eigenvalue weighted by Gasteiger charge is 2.15. The fourth-order valence-electron chi connectivity index (χ4n) is 1.79. The highest BCUT2D eigenvalue weighted by molar-refractivity contribution is 6.30. The maximum absolute atomic E-state index is 5.83. The normalized spacial score (nSPS) is 14.2. The van der Waals surface area contributed by atoms with E-state index in [4.69, 9.17) is 11.6 Å². The molecule has 0 bridgehead atoms. The SMILES string of the molecule is Clc1ccc(-c2nc3c([nH]2)CNC3)cc1. The summed E-state index contributed by atoms with van der Waals surface area (Å²) < 4.78 is 0. The zero-order valence-electron chi connectivity index (χ0n) is 8.05.